The van der Waals surface area contributed by atoms with Crippen molar-refractivity contribution in [3.63, 3.8) is 0 Å². The van der Waals surface area contributed by atoms with Gasteiger partial charge in [0.05, 0.1) is 11.2 Å². The van der Waals surface area contributed by atoms with Crippen molar-refractivity contribution >= 4 is 27.4 Å². The van der Waals surface area contributed by atoms with Crippen LogP contribution >= 0.6 is 11.3 Å². The number of thiazole rings is 1. The van der Waals surface area contributed by atoms with E-state index in [-0.39, 0.29) is 0 Å². The van der Waals surface area contributed by atoms with E-state index in [1.165, 1.54) is 5.56 Å². The van der Waals surface area contributed by atoms with Gasteiger partial charge in [0.2, 0.25) is 0 Å². The highest BCUT2D eigenvalue weighted by Gasteiger charge is 2.10. The number of anilines is 1. The lowest BCUT2D eigenvalue weighted by molar-refractivity contribution is 0.896. The molecule has 0 aliphatic rings. The van der Waals surface area contributed by atoms with Crippen molar-refractivity contribution < 1.29 is 0 Å². The largest absolute Gasteiger partial charge is 0.359 e. The molecule has 0 saturated carbocycles. The van der Waals surface area contributed by atoms with Gasteiger partial charge >= 0.3 is 0 Å². The Morgan fingerprint density at radius 3 is 2.74 bits per heavy atom. The van der Waals surface area contributed by atoms with Crippen LogP contribution in [0.5, 0.6) is 0 Å². The number of rotatable bonds is 4. The molecule has 1 N–H and O–H groups in total. The van der Waals surface area contributed by atoms with Crippen LogP contribution in [0, 0.1) is 12.3 Å². The summed E-state index contributed by atoms with van der Waals surface area (Å²) >= 11 is 1.59. The van der Waals surface area contributed by atoms with Crippen molar-refractivity contribution in [1.82, 2.24) is 9.97 Å². The maximum atomic E-state index is 5.70. The number of terminal acetylenes is 1. The highest BCUT2D eigenvalue weighted by atomic mass is 32.1. The van der Waals surface area contributed by atoms with E-state index in [1.54, 1.807) is 11.3 Å². The third kappa shape index (κ3) is 3.20. The topological polar surface area (TPSA) is 37.8 Å². The summed E-state index contributed by atoms with van der Waals surface area (Å²) in [5.41, 5.74) is 4.73. The van der Waals surface area contributed by atoms with E-state index in [4.69, 9.17) is 11.4 Å². The van der Waals surface area contributed by atoms with Crippen LogP contribution in [0.25, 0.3) is 22.3 Å². The first-order chi connectivity index (χ1) is 11.1. The zero-order valence-electron chi connectivity index (χ0n) is 13.6. The zero-order valence-corrected chi connectivity index (χ0v) is 14.4. The van der Waals surface area contributed by atoms with Crippen molar-refractivity contribution in [1.29, 1.82) is 0 Å². The molecule has 3 aromatic rings. The predicted molar refractivity (Wildman–Crippen MR) is 98.9 cm³/mol. The van der Waals surface area contributed by atoms with Crippen LogP contribution in [-0.2, 0) is 6.42 Å². The fourth-order valence-corrected chi connectivity index (χ4v) is 3.30. The Kier molecular flexibility index (Phi) is 4.31. The maximum Gasteiger partial charge on any atom is 0.183 e. The molecule has 1 aromatic carbocycles. The highest BCUT2D eigenvalue weighted by molar-refractivity contribution is 7.14. The molecule has 0 aliphatic heterocycles. The molecule has 116 valence electrons. The number of hydrogen-bond acceptors (Lipinski definition) is 4. The molecule has 23 heavy (non-hydrogen) atoms. The first kappa shape index (κ1) is 15.5. The average Bonchev–Trinajstić information content (AvgIpc) is 3.00. The number of pyridine rings is 1. The van der Waals surface area contributed by atoms with Gasteiger partial charge in [0.25, 0.3) is 0 Å². The molecule has 0 fully saturated rings. The molecule has 3 nitrogen and oxygen atoms in total. The fraction of sp³-hybridized carbons (Fsp3) is 0.263. The fourth-order valence-electron chi connectivity index (χ4n) is 2.45. The quantitative estimate of drug-likeness (QED) is 0.706. The summed E-state index contributed by atoms with van der Waals surface area (Å²) in [6.07, 6.45) is 6.68. The van der Waals surface area contributed by atoms with Crippen LogP contribution in [-0.4, -0.2) is 16.0 Å². The minimum atomic E-state index is 0.354. The van der Waals surface area contributed by atoms with Gasteiger partial charge in [-0.1, -0.05) is 25.0 Å². The molecule has 0 saturated heterocycles. The molecule has 2 aromatic heterocycles. The molecule has 3 rings (SSSR count). The molecular weight excluding hydrogens is 302 g/mol. The average molecular weight is 321 g/mol. The molecule has 4 heteroatoms. The standard InChI is InChI=1S/C19H19N3S/c1-5-13-7-8-15-14(6-2)10-17(21-16(15)9-13)18-11-23-19(22-18)20-12(3)4/h2,7-12H,5H2,1,3-4H3,(H,20,22). The first-order valence-electron chi connectivity index (χ1n) is 7.73. The lowest BCUT2D eigenvalue weighted by atomic mass is 10.0. The molecule has 0 bridgehead atoms. The smallest absolute Gasteiger partial charge is 0.183 e. The number of nitrogens with zero attached hydrogens (tertiary/aromatic N) is 2. The van der Waals surface area contributed by atoms with Crippen LogP contribution in [0.3, 0.4) is 0 Å². The third-order valence-electron chi connectivity index (χ3n) is 3.62. The maximum absolute atomic E-state index is 5.70. The number of hydrogen-bond donors (Lipinski definition) is 1. The van der Waals surface area contributed by atoms with Crippen molar-refractivity contribution in [2.24, 2.45) is 0 Å². The van der Waals surface area contributed by atoms with Crippen LogP contribution < -0.4 is 5.32 Å². The summed E-state index contributed by atoms with van der Waals surface area (Å²) in [5, 5.41) is 7.26. The van der Waals surface area contributed by atoms with Crippen LogP contribution in [0.2, 0.25) is 0 Å². The second kappa shape index (κ2) is 6.39. The first-order valence-corrected chi connectivity index (χ1v) is 8.61. The minimum absolute atomic E-state index is 0.354. The summed E-state index contributed by atoms with van der Waals surface area (Å²) < 4.78 is 0. The second-order valence-electron chi connectivity index (χ2n) is 5.74. The van der Waals surface area contributed by atoms with E-state index in [1.807, 2.05) is 11.4 Å². The van der Waals surface area contributed by atoms with Gasteiger partial charge in [-0.2, -0.15) is 0 Å². The number of aromatic nitrogens is 2. The summed E-state index contributed by atoms with van der Waals surface area (Å²) in [6, 6.07) is 8.58. The lowest BCUT2D eigenvalue weighted by Crippen LogP contribution is -2.09. The van der Waals surface area contributed by atoms with Crippen molar-refractivity contribution in [2.75, 3.05) is 5.32 Å². The van der Waals surface area contributed by atoms with Crippen LogP contribution in [0.1, 0.15) is 31.9 Å². The van der Waals surface area contributed by atoms with Crippen molar-refractivity contribution in [3.8, 4) is 23.7 Å². The van der Waals surface area contributed by atoms with Crippen LogP contribution in [0.4, 0.5) is 5.13 Å². The van der Waals surface area contributed by atoms with Gasteiger partial charge in [-0.25, -0.2) is 9.97 Å². The summed E-state index contributed by atoms with van der Waals surface area (Å²) in [7, 11) is 0. The van der Waals surface area contributed by atoms with E-state index in [9.17, 15) is 0 Å². The number of nitrogens with one attached hydrogen (secondary N) is 1. The Bertz CT molecular complexity index is 887. The molecule has 0 aliphatic carbocycles. The normalized spacial score (nSPS) is 10.9. The Morgan fingerprint density at radius 2 is 2.04 bits per heavy atom. The van der Waals surface area contributed by atoms with E-state index >= 15 is 0 Å². The Morgan fingerprint density at radius 1 is 1.22 bits per heavy atom. The van der Waals surface area contributed by atoms with E-state index in [2.05, 4.69) is 55.2 Å². The van der Waals surface area contributed by atoms with Gasteiger partial charge in [-0.3, -0.25) is 0 Å². The SMILES string of the molecule is C#Cc1cc(-c2csc(NC(C)C)n2)nc2cc(CC)ccc12. The van der Waals surface area contributed by atoms with Gasteiger partial charge < -0.3 is 5.32 Å². The minimum Gasteiger partial charge on any atom is -0.359 e. The van der Waals surface area contributed by atoms with Gasteiger partial charge in [0.15, 0.2) is 5.13 Å². The molecule has 2 heterocycles. The van der Waals surface area contributed by atoms with E-state index in [0.29, 0.717) is 6.04 Å². The number of fused-ring (bicyclic) bond motifs is 1. The molecule has 0 radical (unpaired) electrons. The zero-order chi connectivity index (χ0) is 16.4. The Hall–Kier alpha value is -2.38. The van der Waals surface area contributed by atoms with Gasteiger partial charge in [0, 0.05) is 22.4 Å². The monoisotopic (exact) mass is 321 g/mol. The van der Waals surface area contributed by atoms with E-state index in [0.717, 1.165) is 39.4 Å². The van der Waals surface area contributed by atoms with Gasteiger partial charge in [-0.15, -0.1) is 17.8 Å². The summed E-state index contributed by atoms with van der Waals surface area (Å²) in [5.74, 6) is 2.78. The lowest BCUT2D eigenvalue weighted by Gasteiger charge is -2.07. The van der Waals surface area contributed by atoms with Crippen LogP contribution in [0.15, 0.2) is 29.6 Å². The molecule has 0 amide bonds. The summed E-state index contributed by atoms with van der Waals surface area (Å²) in [4.78, 5) is 9.40. The molecular formula is C19H19N3S. The van der Waals surface area contributed by atoms with E-state index < -0.39 is 0 Å². The number of aryl methyl sites for hydroxylation is 1. The second-order valence-corrected chi connectivity index (χ2v) is 6.60. The molecule has 0 spiro atoms. The Balaban J connectivity index is 2.10. The third-order valence-corrected chi connectivity index (χ3v) is 4.39. The van der Waals surface area contributed by atoms with Gasteiger partial charge in [0.1, 0.15) is 5.69 Å². The summed E-state index contributed by atoms with van der Waals surface area (Å²) in [6.45, 7) is 6.33. The highest BCUT2D eigenvalue weighted by Crippen LogP contribution is 2.28. The van der Waals surface area contributed by atoms with Crippen molar-refractivity contribution in [3.05, 3.63) is 40.8 Å². The van der Waals surface area contributed by atoms with Gasteiger partial charge in [-0.05, 0) is 38.0 Å². The predicted octanol–water partition coefficient (Wildman–Crippen LogP) is 4.72. The molecule has 0 unspecified atom stereocenters. The van der Waals surface area contributed by atoms with Crippen molar-refractivity contribution in [2.45, 2.75) is 33.2 Å². The molecule has 0 atom stereocenters. The Labute approximate surface area is 140 Å². The number of benzene rings is 1.